The number of carbonyl (C=O) groups excluding carboxylic acids is 1. The van der Waals surface area contributed by atoms with Crippen molar-refractivity contribution >= 4 is 29.3 Å². The number of carbonyl (C=O) groups is 1. The fourth-order valence-corrected chi connectivity index (χ4v) is 3.17. The molecule has 2 aromatic heterocycles. The zero-order valence-corrected chi connectivity index (χ0v) is 12.1. The third-order valence-corrected chi connectivity index (χ3v) is 4.21. The van der Waals surface area contributed by atoms with Crippen LogP contribution in [0.15, 0.2) is 11.2 Å². The van der Waals surface area contributed by atoms with E-state index in [2.05, 4.69) is 15.2 Å². The summed E-state index contributed by atoms with van der Waals surface area (Å²) in [4.78, 5) is 18.1. The molecule has 1 fully saturated rings. The molecule has 1 aliphatic rings. The van der Waals surface area contributed by atoms with E-state index in [1.54, 1.807) is 4.40 Å². The summed E-state index contributed by atoms with van der Waals surface area (Å²) in [5.41, 5.74) is 7.35. The number of nitrogens with two attached hydrogens (primary N) is 1. The molecule has 0 aliphatic carbocycles. The van der Waals surface area contributed by atoms with E-state index in [1.807, 2.05) is 17.9 Å². The van der Waals surface area contributed by atoms with Crippen molar-refractivity contribution in [3.05, 3.63) is 11.8 Å². The van der Waals surface area contributed by atoms with Crippen molar-refractivity contribution in [1.82, 2.24) is 24.5 Å². The monoisotopic (exact) mass is 292 g/mol. The Bertz CT molecular complexity index is 649. The first-order valence-corrected chi connectivity index (χ1v) is 7.52. The Morgan fingerprint density at radius 2 is 2.15 bits per heavy atom. The van der Waals surface area contributed by atoms with Crippen LogP contribution in [0.5, 0.6) is 0 Å². The minimum absolute atomic E-state index is 0.142. The SMILES string of the molecule is Cc1cc2nnc(SCC(=O)N3CCCC3)n2c(N)n1. The van der Waals surface area contributed by atoms with Gasteiger partial charge in [-0.15, -0.1) is 10.2 Å². The van der Waals surface area contributed by atoms with Crippen molar-refractivity contribution in [2.24, 2.45) is 0 Å². The van der Waals surface area contributed by atoms with Gasteiger partial charge in [-0.25, -0.2) is 9.38 Å². The van der Waals surface area contributed by atoms with Crippen LogP contribution in [0.3, 0.4) is 0 Å². The van der Waals surface area contributed by atoms with Gasteiger partial charge in [-0.1, -0.05) is 11.8 Å². The molecule has 2 aromatic rings. The van der Waals surface area contributed by atoms with Gasteiger partial charge in [0, 0.05) is 24.8 Å². The minimum Gasteiger partial charge on any atom is -0.369 e. The Balaban J connectivity index is 1.76. The number of hydrogen-bond donors (Lipinski definition) is 1. The number of thioether (sulfide) groups is 1. The van der Waals surface area contributed by atoms with E-state index in [1.165, 1.54) is 11.8 Å². The summed E-state index contributed by atoms with van der Waals surface area (Å²) < 4.78 is 1.68. The van der Waals surface area contributed by atoms with Gasteiger partial charge >= 0.3 is 0 Å². The number of hydrogen-bond acceptors (Lipinski definition) is 6. The van der Waals surface area contributed by atoms with E-state index in [9.17, 15) is 4.79 Å². The van der Waals surface area contributed by atoms with Crippen molar-refractivity contribution in [2.45, 2.75) is 24.9 Å². The summed E-state index contributed by atoms with van der Waals surface area (Å²) in [5.74, 6) is 0.845. The summed E-state index contributed by atoms with van der Waals surface area (Å²) in [6.45, 7) is 3.58. The van der Waals surface area contributed by atoms with Crippen LogP contribution in [-0.2, 0) is 4.79 Å². The molecular weight excluding hydrogens is 276 g/mol. The maximum atomic E-state index is 12.0. The molecule has 0 radical (unpaired) electrons. The predicted octanol–water partition coefficient (Wildman–Crippen LogP) is 0.729. The van der Waals surface area contributed by atoms with Crippen molar-refractivity contribution in [3.8, 4) is 0 Å². The molecule has 1 saturated heterocycles. The predicted molar refractivity (Wildman–Crippen MR) is 76.5 cm³/mol. The molecule has 3 heterocycles. The molecule has 20 heavy (non-hydrogen) atoms. The standard InChI is InChI=1S/C12H16N6OS/c1-8-6-9-15-16-12(18(9)11(13)14-8)20-7-10(19)17-4-2-3-5-17/h6H,2-5,7H2,1H3,(H2,13,14). The first-order valence-electron chi connectivity index (χ1n) is 6.54. The lowest BCUT2D eigenvalue weighted by Crippen LogP contribution is -2.29. The van der Waals surface area contributed by atoms with Crippen LogP contribution >= 0.6 is 11.8 Å². The van der Waals surface area contributed by atoms with E-state index in [-0.39, 0.29) is 5.91 Å². The number of nitrogen functional groups attached to an aromatic ring is 1. The van der Waals surface area contributed by atoms with Gasteiger partial charge in [-0.05, 0) is 19.8 Å². The second-order valence-electron chi connectivity index (χ2n) is 4.81. The minimum atomic E-state index is 0.142. The molecule has 0 bridgehead atoms. The molecule has 3 rings (SSSR count). The van der Waals surface area contributed by atoms with Gasteiger partial charge < -0.3 is 10.6 Å². The van der Waals surface area contributed by atoms with Crippen LogP contribution in [0.25, 0.3) is 5.65 Å². The second-order valence-corrected chi connectivity index (χ2v) is 5.75. The van der Waals surface area contributed by atoms with E-state index < -0.39 is 0 Å². The summed E-state index contributed by atoms with van der Waals surface area (Å²) >= 11 is 1.35. The first kappa shape index (κ1) is 13.2. The number of aryl methyl sites for hydroxylation is 1. The smallest absolute Gasteiger partial charge is 0.233 e. The second kappa shape index (κ2) is 5.28. The van der Waals surface area contributed by atoms with Crippen molar-refractivity contribution in [3.63, 3.8) is 0 Å². The third kappa shape index (κ3) is 2.43. The highest BCUT2D eigenvalue weighted by Gasteiger charge is 2.19. The summed E-state index contributed by atoms with van der Waals surface area (Å²) in [7, 11) is 0. The zero-order chi connectivity index (χ0) is 14.1. The van der Waals surface area contributed by atoms with Crippen LogP contribution in [0.4, 0.5) is 5.95 Å². The molecule has 2 N–H and O–H groups in total. The fourth-order valence-electron chi connectivity index (χ4n) is 2.32. The van der Waals surface area contributed by atoms with Crippen LogP contribution in [0, 0.1) is 6.92 Å². The van der Waals surface area contributed by atoms with Crippen LogP contribution in [0.2, 0.25) is 0 Å². The quantitative estimate of drug-likeness (QED) is 0.839. The Hall–Kier alpha value is -1.83. The highest BCUT2D eigenvalue weighted by Crippen LogP contribution is 2.21. The van der Waals surface area contributed by atoms with E-state index in [4.69, 9.17) is 5.73 Å². The van der Waals surface area contributed by atoms with E-state index >= 15 is 0 Å². The number of amides is 1. The van der Waals surface area contributed by atoms with Crippen molar-refractivity contribution in [1.29, 1.82) is 0 Å². The number of likely N-dealkylation sites (tertiary alicyclic amines) is 1. The first-order chi connectivity index (χ1) is 9.65. The molecule has 0 aromatic carbocycles. The maximum absolute atomic E-state index is 12.0. The Morgan fingerprint density at radius 3 is 2.90 bits per heavy atom. The van der Waals surface area contributed by atoms with Crippen molar-refractivity contribution in [2.75, 3.05) is 24.6 Å². The molecule has 0 spiro atoms. The fraction of sp³-hybridized carbons (Fsp3) is 0.500. The molecule has 0 saturated carbocycles. The number of fused-ring (bicyclic) bond motifs is 1. The zero-order valence-electron chi connectivity index (χ0n) is 11.2. The van der Waals surface area contributed by atoms with Crippen molar-refractivity contribution < 1.29 is 4.79 Å². The third-order valence-electron chi connectivity index (χ3n) is 3.30. The summed E-state index contributed by atoms with van der Waals surface area (Å²) in [5, 5.41) is 8.75. The largest absolute Gasteiger partial charge is 0.369 e. The Morgan fingerprint density at radius 1 is 1.40 bits per heavy atom. The van der Waals surface area contributed by atoms with Gasteiger partial charge in [-0.2, -0.15) is 0 Å². The van der Waals surface area contributed by atoms with E-state index in [0.29, 0.717) is 22.5 Å². The molecular formula is C12H16N6OS. The average molecular weight is 292 g/mol. The molecule has 1 aliphatic heterocycles. The van der Waals surface area contributed by atoms with Gasteiger partial charge in [-0.3, -0.25) is 4.79 Å². The molecule has 0 unspecified atom stereocenters. The number of nitrogens with zero attached hydrogens (tertiary/aromatic N) is 5. The van der Waals surface area contributed by atoms with Crippen LogP contribution < -0.4 is 5.73 Å². The lowest BCUT2D eigenvalue weighted by molar-refractivity contribution is -0.127. The normalized spacial score (nSPS) is 15.2. The van der Waals surface area contributed by atoms with Gasteiger partial charge in [0.1, 0.15) is 0 Å². The van der Waals surface area contributed by atoms with Gasteiger partial charge in [0.2, 0.25) is 11.9 Å². The van der Waals surface area contributed by atoms with Gasteiger partial charge in [0.25, 0.3) is 0 Å². The highest BCUT2D eigenvalue weighted by atomic mass is 32.2. The number of rotatable bonds is 3. The summed E-state index contributed by atoms with van der Waals surface area (Å²) in [6, 6.07) is 1.82. The molecule has 7 nitrogen and oxygen atoms in total. The molecule has 1 amide bonds. The molecule has 0 atom stereocenters. The van der Waals surface area contributed by atoms with Crippen LogP contribution in [-0.4, -0.2) is 49.2 Å². The van der Waals surface area contributed by atoms with Crippen LogP contribution in [0.1, 0.15) is 18.5 Å². The number of aromatic nitrogens is 4. The topological polar surface area (TPSA) is 89.4 Å². The number of anilines is 1. The Labute approximate surface area is 120 Å². The van der Waals surface area contributed by atoms with Gasteiger partial charge in [0.05, 0.1) is 5.75 Å². The summed E-state index contributed by atoms with van der Waals surface area (Å²) in [6.07, 6.45) is 2.20. The van der Waals surface area contributed by atoms with Gasteiger partial charge in [0.15, 0.2) is 10.8 Å². The molecule has 106 valence electrons. The lowest BCUT2D eigenvalue weighted by atomic mass is 10.4. The Kier molecular flexibility index (Phi) is 3.47. The average Bonchev–Trinajstić information content (AvgIpc) is 3.04. The van der Waals surface area contributed by atoms with E-state index in [0.717, 1.165) is 31.6 Å². The maximum Gasteiger partial charge on any atom is 0.233 e. The molecule has 8 heteroatoms. The highest BCUT2D eigenvalue weighted by molar-refractivity contribution is 7.99. The lowest BCUT2D eigenvalue weighted by Gasteiger charge is -2.14.